The SMILES string of the molecule is COc1cc(C[N-]c2nn[nH]n2)cc(Cl)c1OCc1ccc(Cl)cc1. The monoisotopic (exact) mass is 378 g/mol. The fraction of sp³-hybridized carbons (Fsp3) is 0.188. The van der Waals surface area contributed by atoms with Crippen LogP contribution >= 0.6 is 23.2 Å². The third-order valence-corrected chi connectivity index (χ3v) is 3.86. The van der Waals surface area contributed by atoms with Gasteiger partial charge in [0.25, 0.3) is 0 Å². The summed E-state index contributed by atoms with van der Waals surface area (Å²) in [7, 11) is 1.56. The lowest BCUT2D eigenvalue weighted by Gasteiger charge is -2.15. The Morgan fingerprint density at radius 3 is 2.60 bits per heavy atom. The van der Waals surface area contributed by atoms with Crippen molar-refractivity contribution in [1.82, 2.24) is 20.6 Å². The van der Waals surface area contributed by atoms with Crippen LogP contribution < -0.4 is 9.47 Å². The van der Waals surface area contributed by atoms with Crippen molar-refractivity contribution >= 4 is 29.2 Å². The summed E-state index contributed by atoms with van der Waals surface area (Å²) in [5.74, 6) is 1.28. The fourth-order valence-electron chi connectivity index (χ4n) is 2.13. The first-order chi connectivity index (χ1) is 12.2. The molecule has 1 N–H and O–H groups in total. The van der Waals surface area contributed by atoms with E-state index in [0.29, 0.717) is 34.7 Å². The molecule has 0 fully saturated rings. The smallest absolute Gasteiger partial charge is 0.180 e. The molecule has 25 heavy (non-hydrogen) atoms. The van der Waals surface area contributed by atoms with Crippen LogP contribution in [0.2, 0.25) is 10.0 Å². The van der Waals surface area contributed by atoms with E-state index < -0.39 is 0 Å². The molecule has 2 aromatic carbocycles. The summed E-state index contributed by atoms with van der Waals surface area (Å²) in [5, 5.41) is 18.6. The number of nitrogens with one attached hydrogen (secondary N) is 1. The van der Waals surface area contributed by atoms with Crippen LogP contribution in [0.3, 0.4) is 0 Å². The second kappa shape index (κ2) is 8.04. The molecular weight excluding hydrogens is 365 g/mol. The van der Waals surface area contributed by atoms with Crippen molar-refractivity contribution in [2.24, 2.45) is 0 Å². The maximum Gasteiger partial charge on any atom is 0.180 e. The number of halogens is 2. The molecule has 1 aromatic heterocycles. The highest BCUT2D eigenvalue weighted by atomic mass is 35.5. The van der Waals surface area contributed by atoms with Crippen molar-refractivity contribution in [2.45, 2.75) is 13.2 Å². The molecule has 1 heterocycles. The summed E-state index contributed by atoms with van der Waals surface area (Å²) < 4.78 is 11.2. The fourth-order valence-corrected chi connectivity index (χ4v) is 2.54. The van der Waals surface area contributed by atoms with Crippen LogP contribution in [0.1, 0.15) is 11.1 Å². The van der Waals surface area contributed by atoms with Crippen LogP contribution in [-0.2, 0) is 13.2 Å². The van der Waals surface area contributed by atoms with Gasteiger partial charge in [-0.2, -0.15) is 0 Å². The van der Waals surface area contributed by atoms with E-state index in [4.69, 9.17) is 32.7 Å². The summed E-state index contributed by atoms with van der Waals surface area (Å²) in [4.78, 5) is 0. The van der Waals surface area contributed by atoms with E-state index >= 15 is 0 Å². The topological polar surface area (TPSA) is 87.0 Å². The highest BCUT2D eigenvalue weighted by Gasteiger charge is 2.12. The van der Waals surface area contributed by atoms with Crippen LogP contribution in [0.5, 0.6) is 11.5 Å². The quantitative estimate of drug-likeness (QED) is 0.661. The summed E-state index contributed by atoms with van der Waals surface area (Å²) in [6, 6.07) is 11.0. The van der Waals surface area contributed by atoms with Crippen LogP contribution in [0, 0.1) is 0 Å². The van der Waals surface area contributed by atoms with E-state index in [1.54, 1.807) is 13.2 Å². The molecule has 3 aromatic rings. The summed E-state index contributed by atoms with van der Waals surface area (Å²) in [5.41, 5.74) is 1.81. The number of methoxy groups -OCH3 is 1. The van der Waals surface area contributed by atoms with Gasteiger partial charge in [-0.05, 0) is 35.4 Å². The van der Waals surface area contributed by atoms with Crippen molar-refractivity contribution in [3.05, 3.63) is 62.9 Å². The van der Waals surface area contributed by atoms with E-state index in [0.717, 1.165) is 11.1 Å². The normalized spacial score (nSPS) is 10.5. The van der Waals surface area contributed by atoms with Gasteiger partial charge in [-0.1, -0.05) is 35.3 Å². The Bertz CT molecular complexity index is 825. The number of aromatic nitrogens is 4. The molecule has 0 saturated carbocycles. The number of aromatic amines is 1. The van der Waals surface area contributed by atoms with Crippen LogP contribution in [0.25, 0.3) is 5.32 Å². The number of nitrogens with zero attached hydrogens (tertiary/aromatic N) is 4. The van der Waals surface area contributed by atoms with E-state index in [-0.39, 0.29) is 5.95 Å². The molecule has 0 aliphatic carbocycles. The number of H-pyrrole nitrogens is 1. The lowest BCUT2D eigenvalue weighted by atomic mass is 10.2. The molecule has 0 amide bonds. The lowest BCUT2D eigenvalue weighted by Crippen LogP contribution is -1.99. The third kappa shape index (κ3) is 4.52. The summed E-state index contributed by atoms with van der Waals surface area (Å²) in [6.45, 7) is 0.687. The van der Waals surface area contributed by atoms with Gasteiger partial charge in [0, 0.05) is 11.6 Å². The zero-order chi connectivity index (χ0) is 17.6. The van der Waals surface area contributed by atoms with Crippen LogP contribution in [0.4, 0.5) is 5.95 Å². The number of ether oxygens (including phenoxy) is 2. The van der Waals surface area contributed by atoms with E-state index in [1.165, 1.54) is 0 Å². The molecule has 0 atom stereocenters. The molecular formula is C16H14Cl2N5O2-. The molecule has 0 aliphatic rings. The second-order valence-electron chi connectivity index (χ2n) is 5.05. The molecule has 0 radical (unpaired) electrons. The molecule has 0 saturated heterocycles. The number of tetrazole rings is 1. The second-order valence-corrected chi connectivity index (χ2v) is 5.90. The first-order valence-electron chi connectivity index (χ1n) is 7.30. The number of benzene rings is 2. The highest BCUT2D eigenvalue weighted by molar-refractivity contribution is 6.32. The van der Waals surface area contributed by atoms with E-state index in [9.17, 15) is 0 Å². The Balaban J connectivity index is 1.71. The van der Waals surface area contributed by atoms with Gasteiger partial charge < -0.3 is 14.8 Å². The molecule has 0 spiro atoms. The van der Waals surface area contributed by atoms with Gasteiger partial charge in [0.2, 0.25) is 0 Å². The van der Waals surface area contributed by atoms with Crippen molar-refractivity contribution < 1.29 is 9.47 Å². The molecule has 3 rings (SSSR count). The van der Waals surface area contributed by atoms with Gasteiger partial charge >= 0.3 is 0 Å². The minimum atomic E-state index is 0.276. The minimum Gasteiger partial charge on any atom is -0.493 e. The Labute approximate surface area is 154 Å². The zero-order valence-electron chi connectivity index (χ0n) is 13.2. The van der Waals surface area contributed by atoms with Crippen molar-refractivity contribution in [3.8, 4) is 11.5 Å². The van der Waals surface area contributed by atoms with Crippen molar-refractivity contribution in [2.75, 3.05) is 7.11 Å². The molecule has 0 aliphatic heterocycles. The Hall–Kier alpha value is -2.51. The highest BCUT2D eigenvalue weighted by Crippen LogP contribution is 2.37. The Kier molecular flexibility index (Phi) is 5.57. The molecule has 130 valence electrons. The molecule has 0 bridgehead atoms. The molecule has 9 heteroatoms. The average Bonchev–Trinajstić information content (AvgIpc) is 3.13. The van der Waals surface area contributed by atoms with Gasteiger partial charge in [-0.3, -0.25) is 15.4 Å². The van der Waals surface area contributed by atoms with Gasteiger partial charge in [0.05, 0.1) is 18.1 Å². The third-order valence-electron chi connectivity index (χ3n) is 3.32. The largest absolute Gasteiger partial charge is 0.493 e. The summed E-state index contributed by atoms with van der Waals surface area (Å²) >= 11 is 12.2. The molecule has 7 nitrogen and oxygen atoms in total. The first-order valence-corrected chi connectivity index (χ1v) is 8.06. The first kappa shape index (κ1) is 17.3. The summed E-state index contributed by atoms with van der Waals surface area (Å²) in [6.07, 6.45) is 0. The van der Waals surface area contributed by atoms with E-state index in [2.05, 4.69) is 25.9 Å². The lowest BCUT2D eigenvalue weighted by molar-refractivity contribution is 0.284. The molecule has 0 unspecified atom stereocenters. The zero-order valence-corrected chi connectivity index (χ0v) is 14.8. The Morgan fingerprint density at radius 1 is 1.12 bits per heavy atom. The maximum atomic E-state index is 6.35. The van der Waals surface area contributed by atoms with Crippen molar-refractivity contribution in [1.29, 1.82) is 0 Å². The maximum absolute atomic E-state index is 6.35. The van der Waals surface area contributed by atoms with Crippen molar-refractivity contribution in [3.63, 3.8) is 0 Å². The van der Waals surface area contributed by atoms with Gasteiger partial charge in [0.15, 0.2) is 11.5 Å². The van der Waals surface area contributed by atoms with Crippen LogP contribution in [0.15, 0.2) is 36.4 Å². The number of hydrogen-bond acceptors (Lipinski definition) is 5. The predicted molar refractivity (Wildman–Crippen MR) is 94.7 cm³/mol. The Morgan fingerprint density at radius 2 is 1.92 bits per heavy atom. The van der Waals surface area contributed by atoms with E-state index in [1.807, 2.05) is 30.3 Å². The minimum absolute atomic E-state index is 0.276. The van der Waals surface area contributed by atoms with Gasteiger partial charge in [-0.25, -0.2) is 0 Å². The van der Waals surface area contributed by atoms with Crippen LogP contribution in [-0.4, -0.2) is 27.7 Å². The standard InChI is InChI=1S/C16H14Cl2N5O2/c1-24-14-7-11(8-19-16-20-22-23-21-16)6-13(18)15(14)25-9-10-2-4-12(17)5-3-10/h2-7H,8-9H2,1H3,(H-,19,20,21,22,23)/q-1. The number of rotatable bonds is 7. The average molecular weight is 379 g/mol. The van der Waals surface area contributed by atoms with Gasteiger partial charge in [-0.15, -0.1) is 5.21 Å². The number of hydrogen-bond donors (Lipinski definition) is 1. The van der Waals surface area contributed by atoms with Gasteiger partial charge in [0.1, 0.15) is 6.61 Å². The predicted octanol–water partition coefficient (Wildman–Crippen LogP) is 4.30.